The Kier molecular flexibility index (Phi) is 4.37. The van der Waals surface area contributed by atoms with Gasteiger partial charge in [-0.15, -0.1) is 11.3 Å². The van der Waals surface area contributed by atoms with Crippen LogP contribution in [0, 0.1) is 0 Å². The lowest BCUT2D eigenvalue weighted by atomic mass is 10.3. The second kappa shape index (κ2) is 5.68. The van der Waals surface area contributed by atoms with Crippen molar-refractivity contribution in [1.29, 1.82) is 0 Å². The summed E-state index contributed by atoms with van der Waals surface area (Å²) in [6.07, 6.45) is 0. The Morgan fingerprint density at radius 1 is 1.16 bits per heavy atom. The second-order valence-corrected chi connectivity index (χ2v) is 7.39. The number of anilines is 1. The molecule has 1 aromatic heterocycles. The highest BCUT2D eigenvalue weighted by molar-refractivity contribution is 7.94. The minimum Gasteiger partial charge on any atom is -0.392 e. The summed E-state index contributed by atoms with van der Waals surface area (Å²) in [7, 11) is -3.70. The lowest BCUT2D eigenvalue weighted by Crippen LogP contribution is -2.11. The zero-order valence-corrected chi connectivity index (χ0v) is 12.6. The number of aliphatic hydroxyl groups excluding tert-OH is 1. The highest BCUT2D eigenvalue weighted by atomic mass is 35.5. The Hall–Kier alpha value is -0.790. The summed E-state index contributed by atoms with van der Waals surface area (Å²) in [5.74, 6) is 0. The van der Waals surface area contributed by atoms with Gasteiger partial charge in [0.25, 0.3) is 10.0 Å². The topological polar surface area (TPSA) is 66.4 Å². The summed E-state index contributed by atoms with van der Waals surface area (Å²) in [6, 6.07) is 5.85. The lowest BCUT2D eigenvalue weighted by molar-refractivity contribution is 0.282. The third-order valence-corrected chi connectivity index (χ3v) is 5.50. The van der Waals surface area contributed by atoms with Gasteiger partial charge in [0.15, 0.2) is 0 Å². The van der Waals surface area contributed by atoms with Crippen LogP contribution in [0.25, 0.3) is 0 Å². The zero-order chi connectivity index (χ0) is 14.0. The van der Waals surface area contributed by atoms with Crippen molar-refractivity contribution < 1.29 is 13.5 Å². The van der Waals surface area contributed by atoms with Gasteiger partial charge >= 0.3 is 0 Å². The predicted molar refractivity (Wildman–Crippen MR) is 77.5 cm³/mol. The van der Waals surface area contributed by atoms with Crippen LogP contribution in [0.2, 0.25) is 10.0 Å². The molecule has 0 aliphatic heterocycles. The molecular formula is C11H9Cl2NO3S2. The van der Waals surface area contributed by atoms with E-state index in [4.69, 9.17) is 28.3 Å². The minimum atomic E-state index is -3.70. The van der Waals surface area contributed by atoms with Gasteiger partial charge < -0.3 is 5.11 Å². The van der Waals surface area contributed by atoms with Gasteiger partial charge in [0.1, 0.15) is 4.21 Å². The molecule has 0 amide bonds. The Labute approximate surface area is 124 Å². The van der Waals surface area contributed by atoms with Gasteiger partial charge in [-0.3, -0.25) is 4.72 Å². The first-order valence-corrected chi connectivity index (χ1v) is 8.20. The smallest absolute Gasteiger partial charge is 0.271 e. The molecule has 2 N–H and O–H groups in total. The highest BCUT2D eigenvalue weighted by Gasteiger charge is 2.17. The molecule has 2 rings (SSSR count). The van der Waals surface area contributed by atoms with Crippen molar-refractivity contribution in [2.45, 2.75) is 10.8 Å². The average molecular weight is 338 g/mol. The normalized spacial score (nSPS) is 11.5. The summed E-state index contributed by atoms with van der Waals surface area (Å²) >= 11 is 12.6. The molecule has 8 heteroatoms. The second-order valence-electron chi connectivity index (χ2n) is 3.70. The van der Waals surface area contributed by atoms with E-state index in [1.54, 1.807) is 5.38 Å². The molecule has 0 saturated heterocycles. The molecule has 0 radical (unpaired) electrons. The fourth-order valence-corrected chi connectivity index (χ4v) is 4.16. The van der Waals surface area contributed by atoms with Crippen LogP contribution >= 0.6 is 34.5 Å². The molecule has 0 fully saturated rings. The van der Waals surface area contributed by atoms with Crippen LogP contribution in [0.5, 0.6) is 0 Å². The Balaban J connectivity index is 2.30. The first-order valence-electron chi connectivity index (χ1n) is 5.08. The van der Waals surface area contributed by atoms with Crippen molar-refractivity contribution in [3.8, 4) is 0 Å². The summed E-state index contributed by atoms with van der Waals surface area (Å²) in [6.45, 7) is -0.199. The monoisotopic (exact) mass is 337 g/mol. The molecule has 4 nitrogen and oxygen atoms in total. The van der Waals surface area contributed by atoms with Crippen molar-refractivity contribution >= 4 is 50.2 Å². The fraction of sp³-hybridized carbons (Fsp3) is 0.0909. The number of nitrogens with one attached hydrogen (secondary N) is 1. The molecule has 0 atom stereocenters. The lowest BCUT2D eigenvalue weighted by Gasteiger charge is -2.07. The van der Waals surface area contributed by atoms with E-state index in [0.717, 1.165) is 11.3 Å². The summed E-state index contributed by atoms with van der Waals surface area (Å²) in [4.78, 5) is 0. The van der Waals surface area contributed by atoms with Gasteiger partial charge in [-0.1, -0.05) is 23.2 Å². The highest BCUT2D eigenvalue weighted by Crippen LogP contribution is 2.27. The van der Waals surface area contributed by atoms with Gasteiger partial charge in [-0.2, -0.15) is 0 Å². The van der Waals surface area contributed by atoms with Crippen molar-refractivity contribution in [3.63, 3.8) is 0 Å². The first kappa shape index (κ1) is 14.6. The molecule has 19 heavy (non-hydrogen) atoms. The number of thiophene rings is 1. The largest absolute Gasteiger partial charge is 0.392 e. The summed E-state index contributed by atoms with van der Waals surface area (Å²) < 4.78 is 26.7. The molecular weight excluding hydrogens is 329 g/mol. The number of hydrogen-bond donors (Lipinski definition) is 2. The van der Waals surface area contributed by atoms with E-state index in [1.807, 2.05) is 0 Å². The van der Waals surface area contributed by atoms with Gasteiger partial charge in [0.2, 0.25) is 0 Å². The third kappa shape index (κ3) is 3.61. The third-order valence-electron chi connectivity index (χ3n) is 2.19. The zero-order valence-electron chi connectivity index (χ0n) is 9.43. The standard InChI is InChI=1S/C11H9Cl2NO3S2/c12-8-2-9(13)4-10(3-8)14-19(16,17)11-1-7(5-15)6-18-11/h1-4,6,14-15H,5H2. The maximum Gasteiger partial charge on any atom is 0.271 e. The Morgan fingerprint density at radius 2 is 1.79 bits per heavy atom. The number of rotatable bonds is 4. The SMILES string of the molecule is O=S(=O)(Nc1cc(Cl)cc(Cl)c1)c1cc(CO)cs1. The molecule has 0 aliphatic rings. The fourth-order valence-electron chi connectivity index (χ4n) is 1.40. The van der Waals surface area contributed by atoms with Gasteiger partial charge in [0.05, 0.1) is 12.3 Å². The van der Waals surface area contributed by atoms with E-state index in [9.17, 15) is 8.42 Å². The summed E-state index contributed by atoms with van der Waals surface area (Å²) in [5.41, 5.74) is 0.839. The molecule has 0 saturated carbocycles. The van der Waals surface area contributed by atoms with Crippen LogP contribution in [0.15, 0.2) is 33.9 Å². The van der Waals surface area contributed by atoms with E-state index >= 15 is 0 Å². The van der Waals surface area contributed by atoms with E-state index in [2.05, 4.69) is 4.72 Å². The van der Waals surface area contributed by atoms with Crippen molar-refractivity contribution in [2.24, 2.45) is 0 Å². The van der Waals surface area contributed by atoms with Crippen LogP contribution in [-0.2, 0) is 16.6 Å². The Morgan fingerprint density at radius 3 is 2.32 bits per heavy atom. The summed E-state index contributed by atoms with van der Waals surface area (Å²) in [5, 5.41) is 11.2. The molecule has 1 aromatic carbocycles. The van der Waals surface area contributed by atoms with Crippen LogP contribution in [0.3, 0.4) is 0 Å². The maximum absolute atomic E-state index is 12.1. The van der Waals surface area contributed by atoms with Crippen LogP contribution < -0.4 is 4.72 Å². The van der Waals surface area contributed by atoms with Crippen molar-refractivity contribution in [3.05, 3.63) is 45.3 Å². The number of aliphatic hydroxyl groups is 1. The van der Waals surface area contributed by atoms with E-state index in [-0.39, 0.29) is 16.5 Å². The van der Waals surface area contributed by atoms with Gasteiger partial charge in [-0.05, 0) is 35.2 Å². The molecule has 2 aromatic rings. The first-order chi connectivity index (χ1) is 8.90. The molecule has 0 spiro atoms. The minimum absolute atomic E-state index is 0.118. The molecule has 1 heterocycles. The van der Waals surface area contributed by atoms with Gasteiger partial charge in [0, 0.05) is 10.0 Å². The Bertz CT molecular complexity index is 677. The number of hydrogen-bond acceptors (Lipinski definition) is 4. The molecule has 0 bridgehead atoms. The molecule has 102 valence electrons. The quantitative estimate of drug-likeness (QED) is 0.898. The predicted octanol–water partition coefficient (Wildman–Crippen LogP) is 3.35. The van der Waals surface area contributed by atoms with E-state index < -0.39 is 10.0 Å². The van der Waals surface area contributed by atoms with E-state index in [0.29, 0.717) is 15.6 Å². The number of halogens is 2. The van der Waals surface area contributed by atoms with Crippen molar-refractivity contribution in [2.75, 3.05) is 4.72 Å². The average Bonchev–Trinajstić information content (AvgIpc) is 2.75. The number of benzene rings is 1. The molecule has 0 aliphatic carbocycles. The van der Waals surface area contributed by atoms with Gasteiger partial charge in [-0.25, -0.2) is 8.42 Å². The van der Waals surface area contributed by atoms with Crippen LogP contribution in [-0.4, -0.2) is 13.5 Å². The van der Waals surface area contributed by atoms with Crippen LogP contribution in [0.1, 0.15) is 5.56 Å². The van der Waals surface area contributed by atoms with E-state index in [1.165, 1.54) is 24.3 Å². The number of sulfonamides is 1. The maximum atomic E-state index is 12.1. The molecule has 0 unspecified atom stereocenters. The van der Waals surface area contributed by atoms with Crippen LogP contribution in [0.4, 0.5) is 5.69 Å². The van der Waals surface area contributed by atoms with Crippen molar-refractivity contribution in [1.82, 2.24) is 0 Å².